The number of hydrogen-bond donors (Lipinski definition) is 2. The summed E-state index contributed by atoms with van der Waals surface area (Å²) < 4.78 is 12.7. The smallest absolute Gasteiger partial charge is 0.158 e. The normalized spacial score (nSPS) is 11.3. The van der Waals surface area contributed by atoms with Crippen molar-refractivity contribution in [3.05, 3.63) is 71.5 Å². The first kappa shape index (κ1) is 21.1. The van der Waals surface area contributed by atoms with Crippen LogP contribution < -0.4 is 14.8 Å². The highest BCUT2D eigenvalue weighted by atomic mass is 35.5. The van der Waals surface area contributed by atoms with E-state index < -0.39 is 0 Å². The van der Waals surface area contributed by atoms with Crippen LogP contribution in [0.2, 0.25) is 5.02 Å². The van der Waals surface area contributed by atoms with E-state index in [2.05, 4.69) is 42.1 Å². The molecule has 32 heavy (non-hydrogen) atoms. The Morgan fingerprint density at radius 2 is 2.06 bits per heavy atom. The van der Waals surface area contributed by atoms with Gasteiger partial charge in [0.1, 0.15) is 23.3 Å². The van der Waals surface area contributed by atoms with Crippen molar-refractivity contribution >= 4 is 67.5 Å². The fourth-order valence-corrected chi connectivity index (χ4v) is 4.87. The van der Waals surface area contributed by atoms with Gasteiger partial charge in [-0.25, -0.2) is 9.97 Å². The Labute approximate surface area is 198 Å². The number of nitrogens with one attached hydrogen (secondary N) is 2. The summed E-state index contributed by atoms with van der Waals surface area (Å²) in [6, 6.07) is 15.7. The number of hydrogen-bond acceptors (Lipinski definition) is 7. The molecule has 9 heteroatoms. The van der Waals surface area contributed by atoms with Gasteiger partial charge in [-0.05, 0) is 54.1 Å². The highest BCUT2D eigenvalue weighted by molar-refractivity contribution is 7.96. The molecule has 162 valence electrons. The van der Waals surface area contributed by atoms with Gasteiger partial charge in [0.15, 0.2) is 5.82 Å². The van der Waals surface area contributed by atoms with E-state index in [0.29, 0.717) is 10.8 Å². The fraction of sp³-hybridized carbons (Fsp3) is 0.130. The van der Waals surface area contributed by atoms with E-state index in [1.807, 2.05) is 48.9 Å². The van der Waals surface area contributed by atoms with Crippen molar-refractivity contribution in [3.63, 3.8) is 0 Å². The highest BCUT2D eigenvalue weighted by Crippen LogP contribution is 2.37. The second-order valence-electron chi connectivity index (χ2n) is 7.02. The Balaban J connectivity index is 1.40. The highest BCUT2D eigenvalue weighted by Gasteiger charge is 2.12. The molecule has 0 radical (unpaired) electrons. The minimum Gasteiger partial charge on any atom is -0.455 e. The van der Waals surface area contributed by atoms with Crippen molar-refractivity contribution in [3.8, 4) is 11.5 Å². The summed E-state index contributed by atoms with van der Waals surface area (Å²) in [4.78, 5) is 8.86. The number of benzene rings is 2. The first-order valence-electron chi connectivity index (χ1n) is 9.99. The molecule has 0 aliphatic carbocycles. The lowest BCUT2D eigenvalue weighted by molar-refractivity contribution is 0.489. The molecule has 0 saturated carbocycles. The van der Waals surface area contributed by atoms with E-state index in [-0.39, 0.29) is 0 Å². The summed E-state index contributed by atoms with van der Waals surface area (Å²) in [5.74, 6) is 2.13. The van der Waals surface area contributed by atoms with Gasteiger partial charge in [-0.1, -0.05) is 29.6 Å². The number of anilines is 2. The molecule has 0 atom stereocenters. The molecule has 0 spiro atoms. The van der Waals surface area contributed by atoms with Gasteiger partial charge in [0.25, 0.3) is 0 Å². The predicted molar refractivity (Wildman–Crippen MR) is 136 cm³/mol. The van der Waals surface area contributed by atoms with E-state index in [1.54, 1.807) is 29.6 Å². The van der Waals surface area contributed by atoms with Crippen molar-refractivity contribution in [1.29, 1.82) is 0 Å². The number of aromatic nitrogens is 3. The number of nitrogens with zero attached hydrogens (tertiary/aromatic N) is 3. The van der Waals surface area contributed by atoms with Gasteiger partial charge in [0.05, 0.1) is 10.5 Å². The summed E-state index contributed by atoms with van der Waals surface area (Å²) in [7, 11) is 0. The summed E-state index contributed by atoms with van der Waals surface area (Å²) in [6.07, 6.45) is 5.61. The molecule has 5 aromatic rings. The Hall–Kier alpha value is -2.78. The molecule has 6 nitrogen and oxygen atoms in total. The lowest BCUT2D eigenvalue weighted by atomic mass is 10.2. The van der Waals surface area contributed by atoms with Crippen molar-refractivity contribution in [2.45, 2.75) is 6.54 Å². The minimum absolute atomic E-state index is 0.520. The molecule has 0 fully saturated rings. The topological polar surface area (TPSA) is 64.0 Å². The van der Waals surface area contributed by atoms with Crippen molar-refractivity contribution < 1.29 is 4.74 Å². The van der Waals surface area contributed by atoms with Gasteiger partial charge in [-0.3, -0.25) is 4.72 Å². The number of ether oxygens (including phenoxy) is 1. The van der Waals surface area contributed by atoms with E-state index in [1.165, 1.54) is 4.70 Å². The average molecular weight is 482 g/mol. The van der Waals surface area contributed by atoms with Gasteiger partial charge < -0.3 is 14.6 Å². The molecule has 0 bridgehead atoms. The van der Waals surface area contributed by atoms with Crippen LogP contribution in [-0.4, -0.2) is 27.3 Å². The third kappa shape index (κ3) is 4.27. The number of rotatable bonds is 8. The van der Waals surface area contributed by atoms with Gasteiger partial charge in [-0.15, -0.1) is 11.3 Å². The van der Waals surface area contributed by atoms with Crippen LogP contribution in [0.1, 0.15) is 0 Å². The zero-order valence-corrected chi connectivity index (χ0v) is 19.6. The maximum atomic E-state index is 6.57. The molecule has 2 N–H and O–H groups in total. The SMILES string of the molecule is CSNCCn1ccc2ncnc(Nc3ccc(Oc4cccc5sccc45)c(Cl)c3)c21. The molecule has 0 unspecified atom stereocenters. The zero-order chi connectivity index (χ0) is 21.9. The first-order chi connectivity index (χ1) is 15.7. The molecule has 0 aliphatic heterocycles. The van der Waals surface area contributed by atoms with Gasteiger partial charge in [0, 0.05) is 35.1 Å². The van der Waals surface area contributed by atoms with Gasteiger partial charge in [0.2, 0.25) is 0 Å². The summed E-state index contributed by atoms with van der Waals surface area (Å²) >= 11 is 9.86. The van der Waals surface area contributed by atoms with Crippen LogP contribution >= 0.6 is 34.9 Å². The third-order valence-corrected chi connectivity index (χ3v) is 6.69. The second kappa shape index (κ2) is 9.38. The molecule has 0 aliphatic rings. The maximum Gasteiger partial charge on any atom is 0.158 e. The molecular formula is C23H20ClN5OS2. The summed E-state index contributed by atoms with van der Waals surface area (Å²) in [5.41, 5.74) is 2.67. The first-order valence-corrected chi connectivity index (χ1v) is 12.5. The van der Waals surface area contributed by atoms with Crippen molar-refractivity contribution in [2.75, 3.05) is 18.1 Å². The van der Waals surface area contributed by atoms with E-state index in [9.17, 15) is 0 Å². The zero-order valence-electron chi connectivity index (χ0n) is 17.2. The van der Waals surface area contributed by atoms with Crippen molar-refractivity contribution in [1.82, 2.24) is 19.3 Å². The minimum atomic E-state index is 0.520. The van der Waals surface area contributed by atoms with Crippen LogP contribution in [0.4, 0.5) is 11.5 Å². The van der Waals surface area contributed by atoms with Gasteiger partial charge >= 0.3 is 0 Å². The Morgan fingerprint density at radius 3 is 2.94 bits per heavy atom. The summed E-state index contributed by atoms with van der Waals surface area (Å²) in [5, 5.41) is 7.04. The van der Waals surface area contributed by atoms with Crippen LogP contribution in [0, 0.1) is 0 Å². The quantitative estimate of drug-likeness (QED) is 0.190. The molecule has 3 aromatic heterocycles. The lowest BCUT2D eigenvalue weighted by Crippen LogP contribution is -2.12. The molecule has 3 heterocycles. The Bertz CT molecular complexity index is 1380. The number of halogens is 1. The van der Waals surface area contributed by atoms with Crippen LogP contribution in [0.25, 0.3) is 21.1 Å². The molecular weight excluding hydrogens is 462 g/mol. The molecule has 0 amide bonds. The Morgan fingerprint density at radius 1 is 1.12 bits per heavy atom. The van der Waals surface area contributed by atoms with E-state index >= 15 is 0 Å². The van der Waals surface area contributed by atoms with Gasteiger partial charge in [-0.2, -0.15) is 0 Å². The fourth-order valence-electron chi connectivity index (χ4n) is 3.55. The molecule has 2 aromatic carbocycles. The second-order valence-corrected chi connectivity index (χ2v) is 9.08. The lowest BCUT2D eigenvalue weighted by Gasteiger charge is -2.13. The number of thiophene rings is 1. The van der Waals surface area contributed by atoms with Crippen LogP contribution in [0.5, 0.6) is 11.5 Å². The van der Waals surface area contributed by atoms with E-state index in [0.717, 1.165) is 46.8 Å². The Kier molecular flexibility index (Phi) is 6.18. The monoisotopic (exact) mass is 481 g/mol. The number of fused-ring (bicyclic) bond motifs is 2. The third-order valence-electron chi connectivity index (χ3n) is 5.02. The van der Waals surface area contributed by atoms with E-state index in [4.69, 9.17) is 16.3 Å². The standard InChI is InChI=1S/C23H20ClN5OS2/c1-31-27-9-11-29-10-7-18-22(29)23(26-14-25-18)28-15-5-6-20(17(24)13-15)30-19-3-2-4-21-16(19)8-12-32-21/h2-8,10,12-14,27H,9,11H2,1H3,(H,25,26,28). The van der Waals surface area contributed by atoms with Crippen LogP contribution in [0.15, 0.2) is 66.4 Å². The molecule has 5 rings (SSSR count). The van der Waals surface area contributed by atoms with Crippen LogP contribution in [-0.2, 0) is 6.54 Å². The molecule has 0 saturated heterocycles. The predicted octanol–water partition coefficient (Wildman–Crippen LogP) is 6.70. The summed E-state index contributed by atoms with van der Waals surface area (Å²) in [6.45, 7) is 1.65. The van der Waals surface area contributed by atoms with Crippen LogP contribution in [0.3, 0.4) is 0 Å². The average Bonchev–Trinajstić information content (AvgIpc) is 3.44. The maximum absolute atomic E-state index is 6.57. The van der Waals surface area contributed by atoms with Crippen molar-refractivity contribution in [2.24, 2.45) is 0 Å². The largest absolute Gasteiger partial charge is 0.455 e.